The Labute approximate surface area is 109 Å². The van der Waals surface area contributed by atoms with Crippen molar-refractivity contribution in [3.63, 3.8) is 0 Å². The van der Waals surface area contributed by atoms with Crippen LogP contribution in [0.4, 0.5) is 4.79 Å². The Morgan fingerprint density at radius 1 is 1.17 bits per heavy atom. The molecule has 18 heavy (non-hydrogen) atoms. The van der Waals surface area contributed by atoms with Gasteiger partial charge in [-0.2, -0.15) is 0 Å². The molecular weight excluding hydrogens is 230 g/mol. The molecule has 0 bridgehead atoms. The molecule has 3 fully saturated rings. The van der Waals surface area contributed by atoms with E-state index in [0.29, 0.717) is 6.61 Å². The van der Waals surface area contributed by atoms with Crippen LogP contribution in [-0.2, 0) is 4.74 Å². The molecule has 3 aliphatic rings. The number of fused-ring (bicyclic) bond motifs is 1. The van der Waals surface area contributed by atoms with Crippen molar-refractivity contribution in [2.45, 2.75) is 6.42 Å². The minimum Gasteiger partial charge on any atom is -0.448 e. The summed E-state index contributed by atoms with van der Waals surface area (Å²) in [5, 5.41) is 0. The summed E-state index contributed by atoms with van der Waals surface area (Å²) < 4.78 is 4.93. The second kappa shape index (κ2) is 5.05. The van der Waals surface area contributed by atoms with Crippen molar-refractivity contribution in [3.05, 3.63) is 0 Å². The minimum atomic E-state index is -0.130. The minimum absolute atomic E-state index is 0.130. The highest BCUT2D eigenvalue weighted by Gasteiger charge is 2.38. The van der Waals surface area contributed by atoms with Crippen LogP contribution in [0.25, 0.3) is 0 Å². The van der Waals surface area contributed by atoms with E-state index in [0.717, 1.165) is 37.9 Å². The maximum atomic E-state index is 11.3. The number of carbonyl (C=O) groups is 1. The van der Waals surface area contributed by atoms with Crippen LogP contribution >= 0.6 is 0 Å². The lowest BCUT2D eigenvalue weighted by Gasteiger charge is -2.20. The third kappa shape index (κ3) is 2.47. The van der Waals surface area contributed by atoms with Crippen LogP contribution in [0.3, 0.4) is 0 Å². The van der Waals surface area contributed by atoms with E-state index in [-0.39, 0.29) is 6.09 Å². The molecule has 3 rings (SSSR count). The molecule has 5 heteroatoms. The Morgan fingerprint density at radius 2 is 1.89 bits per heavy atom. The smallest absolute Gasteiger partial charge is 0.409 e. The van der Waals surface area contributed by atoms with Gasteiger partial charge in [-0.3, -0.25) is 0 Å². The van der Waals surface area contributed by atoms with Crippen LogP contribution in [-0.4, -0.2) is 80.3 Å². The third-order valence-electron chi connectivity index (χ3n) is 4.49. The van der Waals surface area contributed by atoms with E-state index in [4.69, 9.17) is 4.74 Å². The maximum Gasteiger partial charge on any atom is 0.409 e. The van der Waals surface area contributed by atoms with E-state index < -0.39 is 0 Å². The number of nitrogens with zero attached hydrogens (tertiary/aromatic N) is 3. The summed E-state index contributed by atoms with van der Waals surface area (Å²) in [5.41, 5.74) is 0. The first-order valence-corrected chi connectivity index (χ1v) is 7.05. The average Bonchev–Trinajstić information content (AvgIpc) is 2.94. The Kier molecular flexibility index (Phi) is 3.43. The van der Waals surface area contributed by atoms with Crippen molar-refractivity contribution in [1.29, 1.82) is 0 Å². The number of hydrogen-bond acceptors (Lipinski definition) is 4. The highest BCUT2D eigenvalue weighted by atomic mass is 16.6. The highest BCUT2D eigenvalue weighted by molar-refractivity contribution is 5.69. The molecule has 0 N–H and O–H groups in total. The summed E-state index contributed by atoms with van der Waals surface area (Å²) in [7, 11) is 2.22. The Bertz CT molecular complexity index is 309. The van der Waals surface area contributed by atoms with E-state index in [1.54, 1.807) is 0 Å². The van der Waals surface area contributed by atoms with Gasteiger partial charge < -0.3 is 19.4 Å². The summed E-state index contributed by atoms with van der Waals surface area (Å²) >= 11 is 0. The molecule has 0 aliphatic carbocycles. The van der Waals surface area contributed by atoms with E-state index in [1.807, 2.05) is 4.90 Å². The number of hydrogen-bond donors (Lipinski definition) is 0. The largest absolute Gasteiger partial charge is 0.448 e. The van der Waals surface area contributed by atoms with Gasteiger partial charge in [-0.15, -0.1) is 0 Å². The zero-order valence-corrected chi connectivity index (χ0v) is 11.2. The van der Waals surface area contributed by atoms with E-state index in [2.05, 4.69) is 16.8 Å². The second-order valence-corrected chi connectivity index (χ2v) is 5.96. The van der Waals surface area contributed by atoms with Gasteiger partial charge in [-0.05, 0) is 31.8 Å². The fraction of sp³-hybridized carbons (Fsp3) is 0.923. The summed E-state index contributed by atoms with van der Waals surface area (Å²) in [6.45, 7) is 8.34. The Hall–Kier alpha value is -0.810. The molecule has 0 aromatic heterocycles. The molecular formula is C13H23N3O2. The fourth-order valence-electron chi connectivity index (χ4n) is 3.62. The fourth-order valence-corrected chi connectivity index (χ4v) is 3.62. The highest BCUT2D eigenvalue weighted by Crippen LogP contribution is 2.29. The van der Waals surface area contributed by atoms with Crippen LogP contribution in [0.5, 0.6) is 0 Å². The monoisotopic (exact) mass is 253 g/mol. The number of cyclic esters (lactones) is 1. The first-order valence-electron chi connectivity index (χ1n) is 7.05. The van der Waals surface area contributed by atoms with Crippen LogP contribution in [0.1, 0.15) is 6.42 Å². The average molecular weight is 253 g/mol. The molecule has 3 saturated heterocycles. The number of likely N-dealkylation sites (tertiary alicyclic amines) is 2. The van der Waals surface area contributed by atoms with Crippen LogP contribution in [0.2, 0.25) is 0 Å². The molecule has 5 nitrogen and oxygen atoms in total. The van der Waals surface area contributed by atoms with E-state index in [1.165, 1.54) is 26.2 Å². The second-order valence-electron chi connectivity index (χ2n) is 5.96. The van der Waals surface area contributed by atoms with Crippen LogP contribution in [0, 0.1) is 11.8 Å². The van der Waals surface area contributed by atoms with Gasteiger partial charge in [0.1, 0.15) is 6.61 Å². The molecule has 0 unspecified atom stereocenters. The zero-order chi connectivity index (χ0) is 12.5. The lowest BCUT2D eigenvalue weighted by molar-refractivity contribution is 0.157. The van der Waals surface area contributed by atoms with Crippen molar-refractivity contribution in [1.82, 2.24) is 14.7 Å². The predicted octanol–water partition coefficient (Wildman–Crippen LogP) is 0.322. The molecule has 0 saturated carbocycles. The molecule has 0 aromatic carbocycles. The molecule has 3 heterocycles. The van der Waals surface area contributed by atoms with E-state index >= 15 is 0 Å². The van der Waals surface area contributed by atoms with Crippen molar-refractivity contribution in [2.24, 2.45) is 11.8 Å². The molecule has 0 aromatic rings. The first-order chi connectivity index (χ1) is 8.72. The van der Waals surface area contributed by atoms with Crippen LogP contribution in [0.15, 0.2) is 0 Å². The first kappa shape index (κ1) is 12.2. The lowest BCUT2D eigenvalue weighted by Crippen LogP contribution is -2.31. The summed E-state index contributed by atoms with van der Waals surface area (Å²) in [4.78, 5) is 18.1. The number of amides is 1. The van der Waals surface area contributed by atoms with Gasteiger partial charge in [-0.25, -0.2) is 4.79 Å². The van der Waals surface area contributed by atoms with Gasteiger partial charge in [0.25, 0.3) is 0 Å². The molecule has 102 valence electrons. The lowest BCUT2D eigenvalue weighted by atomic mass is 10.0. The van der Waals surface area contributed by atoms with Gasteiger partial charge in [0.2, 0.25) is 0 Å². The summed E-state index contributed by atoms with van der Waals surface area (Å²) in [5.74, 6) is 1.76. The van der Waals surface area contributed by atoms with Crippen LogP contribution < -0.4 is 0 Å². The number of rotatable bonds is 4. The molecule has 2 atom stereocenters. The SMILES string of the molecule is CN1C[C@@H]2CN(CCCN3CCOC3=O)C[C@@H]2C1. The van der Waals surface area contributed by atoms with Crippen molar-refractivity contribution < 1.29 is 9.53 Å². The van der Waals surface area contributed by atoms with Gasteiger partial charge >= 0.3 is 6.09 Å². The van der Waals surface area contributed by atoms with Gasteiger partial charge in [-0.1, -0.05) is 0 Å². The van der Waals surface area contributed by atoms with Crippen molar-refractivity contribution in [3.8, 4) is 0 Å². The standard InChI is InChI=1S/C13H23N3O2/c1-14-7-11-9-15(10-12(11)8-14)3-2-4-16-5-6-18-13(16)17/h11-12H,2-10H2,1H3/t11-,12+. The normalized spacial score (nSPS) is 33.2. The number of carbonyl (C=O) groups excluding carboxylic acids is 1. The molecule has 1 amide bonds. The van der Waals surface area contributed by atoms with Gasteiger partial charge in [0, 0.05) is 32.7 Å². The molecule has 3 aliphatic heterocycles. The summed E-state index contributed by atoms with van der Waals surface area (Å²) in [6.07, 6.45) is 0.944. The predicted molar refractivity (Wildman–Crippen MR) is 68.5 cm³/mol. The van der Waals surface area contributed by atoms with Gasteiger partial charge in [0.15, 0.2) is 0 Å². The van der Waals surface area contributed by atoms with Crippen molar-refractivity contribution >= 4 is 6.09 Å². The van der Waals surface area contributed by atoms with E-state index in [9.17, 15) is 4.79 Å². The molecule has 0 spiro atoms. The maximum absolute atomic E-state index is 11.3. The van der Waals surface area contributed by atoms with Crippen molar-refractivity contribution in [2.75, 3.05) is 59.5 Å². The Morgan fingerprint density at radius 3 is 2.50 bits per heavy atom. The number of ether oxygens (including phenoxy) is 1. The Balaban J connectivity index is 1.36. The summed E-state index contributed by atoms with van der Waals surface area (Å²) in [6, 6.07) is 0. The quantitative estimate of drug-likeness (QED) is 0.723. The zero-order valence-electron chi connectivity index (χ0n) is 11.2. The third-order valence-corrected chi connectivity index (χ3v) is 4.49. The van der Waals surface area contributed by atoms with Gasteiger partial charge in [0.05, 0.1) is 6.54 Å². The molecule has 0 radical (unpaired) electrons. The topological polar surface area (TPSA) is 36.0 Å².